The summed E-state index contributed by atoms with van der Waals surface area (Å²) in [5, 5.41) is 0. The van der Waals surface area contributed by atoms with Crippen LogP contribution in [0, 0.1) is 5.82 Å². The fraction of sp³-hybridized carbons (Fsp3) is 0.647. The van der Waals surface area contributed by atoms with Crippen LogP contribution in [0.15, 0.2) is 24.3 Å². The van der Waals surface area contributed by atoms with Crippen molar-refractivity contribution in [2.24, 2.45) is 5.73 Å². The zero-order valence-corrected chi connectivity index (χ0v) is 13.3. The summed E-state index contributed by atoms with van der Waals surface area (Å²) in [4.78, 5) is 4.93. The first-order valence-electron chi connectivity index (χ1n) is 8.00. The smallest absolute Gasteiger partial charge is 0.126 e. The largest absolute Gasteiger partial charge is 0.329 e. The van der Waals surface area contributed by atoms with Gasteiger partial charge < -0.3 is 10.6 Å². The van der Waals surface area contributed by atoms with Crippen LogP contribution in [0.4, 0.5) is 4.39 Å². The zero-order valence-electron chi connectivity index (χ0n) is 13.3. The maximum absolute atomic E-state index is 13.9. The molecule has 1 aromatic rings. The molecular formula is C17H28FN3. The van der Waals surface area contributed by atoms with E-state index in [0.717, 1.165) is 31.7 Å². The molecule has 0 radical (unpaired) electrons. The monoisotopic (exact) mass is 293 g/mol. The Morgan fingerprint density at radius 3 is 2.43 bits per heavy atom. The van der Waals surface area contributed by atoms with Gasteiger partial charge in [0.2, 0.25) is 0 Å². The topological polar surface area (TPSA) is 32.5 Å². The molecule has 1 unspecified atom stereocenters. The minimum Gasteiger partial charge on any atom is -0.329 e. The van der Waals surface area contributed by atoms with E-state index in [4.69, 9.17) is 5.73 Å². The Labute approximate surface area is 127 Å². The summed E-state index contributed by atoms with van der Waals surface area (Å²) < 4.78 is 13.9. The standard InChI is InChI=1S/C17H28FN3/c1-3-8-20-9-11-21(12-10-20)17(2,14-19)13-15-6-4-5-7-16(15)18/h4-7H,3,8-14,19H2,1-2H3. The molecule has 2 rings (SSSR count). The van der Waals surface area contributed by atoms with Crippen molar-refractivity contribution in [1.82, 2.24) is 9.80 Å². The third-order valence-corrected chi connectivity index (χ3v) is 4.64. The average molecular weight is 293 g/mol. The SMILES string of the molecule is CCCN1CCN(C(C)(CN)Cc2ccccc2F)CC1. The van der Waals surface area contributed by atoms with Crippen molar-refractivity contribution in [2.75, 3.05) is 39.3 Å². The van der Waals surface area contributed by atoms with E-state index in [9.17, 15) is 4.39 Å². The van der Waals surface area contributed by atoms with E-state index >= 15 is 0 Å². The van der Waals surface area contributed by atoms with Crippen molar-refractivity contribution in [2.45, 2.75) is 32.2 Å². The second-order valence-corrected chi connectivity index (χ2v) is 6.30. The molecule has 3 nitrogen and oxygen atoms in total. The van der Waals surface area contributed by atoms with Gasteiger partial charge in [-0.1, -0.05) is 25.1 Å². The first kappa shape index (κ1) is 16.4. The van der Waals surface area contributed by atoms with E-state index in [-0.39, 0.29) is 11.4 Å². The van der Waals surface area contributed by atoms with Crippen LogP contribution in [0.3, 0.4) is 0 Å². The molecule has 21 heavy (non-hydrogen) atoms. The number of piperazine rings is 1. The van der Waals surface area contributed by atoms with Crippen LogP contribution in [-0.4, -0.2) is 54.6 Å². The van der Waals surface area contributed by atoms with E-state index in [1.807, 2.05) is 12.1 Å². The maximum atomic E-state index is 13.9. The highest BCUT2D eigenvalue weighted by Gasteiger charge is 2.33. The number of rotatable bonds is 6. The molecule has 1 aliphatic rings. The number of nitrogens with zero attached hydrogens (tertiary/aromatic N) is 2. The van der Waals surface area contributed by atoms with Crippen LogP contribution >= 0.6 is 0 Å². The van der Waals surface area contributed by atoms with Crippen molar-refractivity contribution in [3.8, 4) is 0 Å². The van der Waals surface area contributed by atoms with Crippen molar-refractivity contribution < 1.29 is 4.39 Å². The Morgan fingerprint density at radius 1 is 1.19 bits per heavy atom. The lowest BCUT2D eigenvalue weighted by Crippen LogP contribution is -2.59. The zero-order chi connectivity index (χ0) is 15.3. The normalized spacial score (nSPS) is 20.4. The molecular weight excluding hydrogens is 265 g/mol. The molecule has 1 aliphatic heterocycles. The van der Waals surface area contributed by atoms with Gasteiger partial charge in [0.25, 0.3) is 0 Å². The molecule has 0 bridgehead atoms. The second-order valence-electron chi connectivity index (χ2n) is 6.30. The first-order chi connectivity index (χ1) is 10.1. The summed E-state index contributed by atoms with van der Waals surface area (Å²) in [7, 11) is 0. The molecule has 0 amide bonds. The highest BCUT2D eigenvalue weighted by atomic mass is 19.1. The number of halogens is 1. The third kappa shape index (κ3) is 4.02. The minimum absolute atomic E-state index is 0.123. The number of hydrogen-bond acceptors (Lipinski definition) is 3. The van der Waals surface area contributed by atoms with E-state index < -0.39 is 0 Å². The molecule has 1 atom stereocenters. The van der Waals surface area contributed by atoms with Crippen molar-refractivity contribution in [3.05, 3.63) is 35.6 Å². The highest BCUT2D eigenvalue weighted by molar-refractivity contribution is 5.20. The molecule has 1 aromatic carbocycles. The van der Waals surface area contributed by atoms with Crippen LogP contribution in [0.2, 0.25) is 0 Å². The van der Waals surface area contributed by atoms with Crippen LogP contribution < -0.4 is 5.73 Å². The summed E-state index contributed by atoms with van der Waals surface area (Å²) in [5.74, 6) is -0.123. The fourth-order valence-corrected chi connectivity index (χ4v) is 3.19. The van der Waals surface area contributed by atoms with E-state index in [1.165, 1.54) is 19.0 Å². The lowest BCUT2D eigenvalue weighted by molar-refractivity contribution is 0.0462. The Hall–Kier alpha value is -0.970. The first-order valence-corrected chi connectivity index (χ1v) is 8.00. The van der Waals surface area contributed by atoms with Crippen LogP contribution in [0.5, 0.6) is 0 Å². The van der Waals surface area contributed by atoms with Crippen molar-refractivity contribution >= 4 is 0 Å². The number of benzene rings is 1. The van der Waals surface area contributed by atoms with Gasteiger partial charge in [0, 0.05) is 38.3 Å². The quantitative estimate of drug-likeness (QED) is 0.872. The average Bonchev–Trinajstić information content (AvgIpc) is 2.50. The maximum Gasteiger partial charge on any atom is 0.126 e. The molecule has 1 saturated heterocycles. The van der Waals surface area contributed by atoms with Crippen molar-refractivity contribution in [1.29, 1.82) is 0 Å². The van der Waals surface area contributed by atoms with Gasteiger partial charge in [-0.15, -0.1) is 0 Å². The Morgan fingerprint density at radius 2 is 1.86 bits per heavy atom. The summed E-state index contributed by atoms with van der Waals surface area (Å²) in [6.07, 6.45) is 1.87. The highest BCUT2D eigenvalue weighted by Crippen LogP contribution is 2.23. The van der Waals surface area contributed by atoms with Crippen LogP contribution in [0.1, 0.15) is 25.8 Å². The van der Waals surface area contributed by atoms with Gasteiger partial charge in [-0.25, -0.2) is 4.39 Å². The summed E-state index contributed by atoms with van der Waals surface area (Å²) >= 11 is 0. The second kappa shape index (κ2) is 7.34. The van der Waals surface area contributed by atoms with Crippen LogP contribution in [-0.2, 0) is 6.42 Å². The molecule has 1 fully saturated rings. The van der Waals surface area contributed by atoms with Gasteiger partial charge in [0.1, 0.15) is 5.82 Å². The summed E-state index contributed by atoms with van der Waals surface area (Å²) in [5.41, 5.74) is 6.65. The molecule has 1 heterocycles. The van der Waals surface area contributed by atoms with E-state index in [2.05, 4.69) is 23.6 Å². The van der Waals surface area contributed by atoms with E-state index in [1.54, 1.807) is 6.07 Å². The number of hydrogen-bond donors (Lipinski definition) is 1. The number of nitrogens with two attached hydrogens (primary N) is 1. The van der Waals surface area contributed by atoms with Crippen molar-refractivity contribution in [3.63, 3.8) is 0 Å². The predicted molar refractivity (Wildman–Crippen MR) is 85.9 cm³/mol. The van der Waals surface area contributed by atoms with Gasteiger partial charge in [0.05, 0.1) is 0 Å². The fourth-order valence-electron chi connectivity index (χ4n) is 3.19. The van der Waals surface area contributed by atoms with Gasteiger partial charge >= 0.3 is 0 Å². The predicted octanol–water partition coefficient (Wildman–Crippen LogP) is 2.11. The molecule has 118 valence electrons. The summed E-state index contributed by atoms with van der Waals surface area (Å²) in [6.45, 7) is 10.3. The van der Waals surface area contributed by atoms with Gasteiger partial charge in [0.15, 0.2) is 0 Å². The Bertz CT molecular complexity index is 443. The molecule has 0 spiro atoms. The molecule has 0 aromatic heterocycles. The lowest BCUT2D eigenvalue weighted by Gasteiger charge is -2.45. The third-order valence-electron chi connectivity index (χ3n) is 4.64. The van der Waals surface area contributed by atoms with Crippen LogP contribution in [0.25, 0.3) is 0 Å². The Balaban J connectivity index is 2.03. The van der Waals surface area contributed by atoms with Gasteiger partial charge in [-0.2, -0.15) is 0 Å². The lowest BCUT2D eigenvalue weighted by atomic mass is 9.90. The van der Waals surface area contributed by atoms with Gasteiger partial charge in [-0.3, -0.25) is 4.90 Å². The van der Waals surface area contributed by atoms with E-state index in [0.29, 0.717) is 13.0 Å². The minimum atomic E-state index is -0.166. The van der Waals surface area contributed by atoms with Gasteiger partial charge in [-0.05, 0) is 37.9 Å². The summed E-state index contributed by atoms with van der Waals surface area (Å²) in [6, 6.07) is 7.04. The molecule has 4 heteroatoms. The molecule has 0 saturated carbocycles. The molecule has 0 aliphatic carbocycles. The Kier molecular flexibility index (Phi) is 5.73. The molecule has 2 N–H and O–H groups in total.